The first-order valence-corrected chi connectivity index (χ1v) is 6.32. The van der Waals surface area contributed by atoms with Crippen LogP contribution in [-0.2, 0) is 4.74 Å². The smallest absolute Gasteiger partial charge is 0.0707 e. The zero-order valence-electron chi connectivity index (χ0n) is 10.5. The summed E-state index contributed by atoms with van der Waals surface area (Å²) in [4.78, 5) is 2.26. The third kappa shape index (κ3) is 4.52. The summed E-state index contributed by atoms with van der Waals surface area (Å²) >= 11 is 0. The van der Waals surface area contributed by atoms with E-state index in [1.807, 2.05) is 0 Å². The topological polar surface area (TPSA) is 24.5 Å². The minimum atomic E-state index is 0.372. The van der Waals surface area contributed by atoms with Crippen molar-refractivity contribution in [3.63, 3.8) is 0 Å². The lowest BCUT2D eigenvalue weighted by Crippen LogP contribution is -2.34. The Morgan fingerprint density at radius 2 is 2.12 bits per heavy atom. The Kier molecular flexibility index (Phi) is 6.47. The fourth-order valence-corrected chi connectivity index (χ4v) is 2.09. The molecule has 1 heterocycles. The van der Waals surface area contributed by atoms with E-state index in [1.165, 1.54) is 6.42 Å². The molecule has 3 nitrogen and oxygen atoms in total. The summed E-state index contributed by atoms with van der Waals surface area (Å²) in [6.07, 6.45) is 8.44. The van der Waals surface area contributed by atoms with E-state index in [9.17, 15) is 0 Å². The summed E-state index contributed by atoms with van der Waals surface area (Å²) in [6, 6.07) is 0. The van der Waals surface area contributed by atoms with Crippen LogP contribution in [0.5, 0.6) is 0 Å². The molecule has 0 aromatic heterocycles. The van der Waals surface area contributed by atoms with Crippen molar-refractivity contribution in [2.24, 2.45) is 0 Å². The zero-order valence-corrected chi connectivity index (χ0v) is 10.5. The summed E-state index contributed by atoms with van der Waals surface area (Å²) in [5.74, 6) is 2.70. The number of rotatable bonds is 7. The minimum absolute atomic E-state index is 0.372. The van der Waals surface area contributed by atoms with Gasteiger partial charge < -0.3 is 10.1 Å². The van der Waals surface area contributed by atoms with Crippen molar-refractivity contribution in [2.75, 3.05) is 32.7 Å². The van der Waals surface area contributed by atoms with Crippen molar-refractivity contribution in [3.8, 4) is 12.3 Å². The molecule has 1 aliphatic rings. The van der Waals surface area contributed by atoms with Gasteiger partial charge in [0.25, 0.3) is 0 Å². The number of likely N-dealkylation sites (N-methyl/N-ethyl adjacent to an activating group) is 2. The molecule has 0 aromatic rings. The molecule has 1 N–H and O–H groups in total. The van der Waals surface area contributed by atoms with Gasteiger partial charge in [-0.15, -0.1) is 6.42 Å². The van der Waals surface area contributed by atoms with Gasteiger partial charge in [0.15, 0.2) is 0 Å². The van der Waals surface area contributed by atoms with Gasteiger partial charge in [-0.2, -0.15) is 0 Å². The van der Waals surface area contributed by atoms with E-state index in [0.29, 0.717) is 12.2 Å². The Bertz CT molecular complexity index is 224. The molecule has 0 aromatic carbocycles. The van der Waals surface area contributed by atoms with Crippen molar-refractivity contribution >= 4 is 0 Å². The van der Waals surface area contributed by atoms with E-state index >= 15 is 0 Å². The van der Waals surface area contributed by atoms with E-state index in [4.69, 9.17) is 11.2 Å². The molecule has 1 aliphatic heterocycles. The van der Waals surface area contributed by atoms with E-state index < -0.39 is 0 Å². The maximum Gasteiger partial charge on any atom is 0.0707 e. The van der Waals surface area contributed by atoms with Crippen LogP contribution in [0.2, 0.25) is 0 Å². The van der Waals surface area contributed by atoms with Gasteiger partial charge in [-0.1, -0.05) is 19.8 Å². The molecule has 1 saturated heterocycles. The maximum absolute atomic E-state index is 5.97. The Morgan fingerprint density at radius 1 is 1.38 bits per heavy atom. The van der Waals surface area contributed by atoms with Gasteiger partial charge >= 0.3 is 0 Å². The van der Waals surface area contributed by atoms with Gasteiger partial charge in [-0.25, -0.2) is 0 Å². The molecule has 0 bridgehead atoms. The summed E-state index contributed by atoms with van der Waals surface area (Å²) < 4.78 is 5.97. The second-order valence-corrected chi connectivity index (χ2v) is 4.30. The normalized spacial score (nSPS) is 24.9. The molecule has 1 rings (SSSR count). The van der Waals surface area contributed by atoms with Crippen molar-refractivity contribution in [1.29, 1.82) is 0 Å². The summed E-state index contributed by atoms with van der Waals surface area (Å²) in [5, 5.41) is 3.33. The molecule has 1 fully saturated rings. The number of ether oxygens (including phenoxy) is 1. The number of hydrogen-bond donors (Lipinski definition) is 1. The largest absolute Gasteiger partial charge is 0.372 e. The van der Waals surface area contributed by atoms with E-state index in [2.05, 4.69) is 30.0 Å². The Morgan fingerprint density at radius 3 is 2.75 bits per heavy atom. The average molecular weight is 224 g/mol. The second kappa shape index (κ2) is 7.67. The van der Waals surface area contributed by atoms with Crippen LogP contribution >= 0.6 is 0 Å². The fraction of sp³-hybridized carbons (Fsp3) is 0.846. The maximum atomic E-state index is 5.97. The van der Waals surface area contributed by atoms with Crippen LogP contribution in [0.15, 0.2) is 0 Å². The Labute approximate surface area is 99.5 Å². The van der Waals surface area contributed by atoms with Crippen LogP contribution in [0.4, 0.5) is 0 Å². The van der Waals surface area contributed by atoms with Crippen LogP contribution in [-0.4, -0.2) is 49.8 Å². The number of hydrogen-bond acceptors (Lipinski definition) is 3. The monoisotopic (exact) mass is 224 g/mol. The lowest BCUT2D eigenvalue weighted by molar-refractivity contribution is 0.0268. The molecule has 16 heavy (non-hydrogen) atoms. The SMILES string of the molecule is C#CCN(CC)CC1CCC(CNCC)O1. The molecule has 0 saturated carbocycles. The molecule has 0 radical (unpaired) electrons. The van der Waals surface area contributed by atoms with Crippen molar-refractivity contribution < 1.29 is 4.74 Å². The molecular formula is C13H24N2O. The highest BCUT2D eigenvalue weighted by molar-refractivity contribution is 4.89. The highest BCUT2D eigenvalue weighted by Gasteiger charge is 2.25. The molecule has 2 atom stereocenters. The van der Waals surface area contributed by atoms with Crippen molar-refractivity contribution in [2.45, 2.75) is 38.9 Å². The highest BCUT2D eigenvalue weighted by Crippen LogP contribution is 2.19. The molecule has 0 spiro atoms. The first-order chi connectivity index (χ1) is 7.80. The predicted octanol–water partition coefficient (Wildman–Crippen LogP) is 1.10. The Hall–Kier alpha value is -0.560. The van der Waals surface area contributed by atoms with Gasteiger partial charge in [-0.3, -0.25) is 4.90 Å². The molecule has 0 aliphatic carbocycles. The summed E-state index contributed by atoms with van der Waals surface area (Å²) in [6.45, 7) is 8.97. The van der Waals surface area contributed by atoms with Crippen molar-refractivity contribution in [1.82, 2.24) is 10.2 Å². The lowest BCUT2D eigenvalue weighted by atomic mass is 10.2. The lowest BCUT2D eigenvalue weighted by Gasteiger charge is -2.22. The third-order valence-electron chi connectivity index (χ3n) is 3.04. The fourth-order valence-electron chi connectivity index (χ4n) is 2.09. The Balaban J connectivity index is 2.22. The first kappa shape index (κ1) is 13.5. The second-order valence-electron chi connectivity index (χ2n) is 4.30. The van der Waals surface area contributed by atoms with Crippen LogP contribution in [0.25, 0.3) is 0 Å². The third-order valence-corrected chi connectivity index (χ3v) is 3.04. The van der Waals surface area contributed by atoms with E-state index in [0.717, 1.165) is 39.1 Å². The highest BCUT2D eigenvalue weighted by atomic mass is 16.5. The van der Waals surface area contributed by atoms with E-state index in [-0.39, 0.29) is 0 Å². The molecule has 3 heteroatoms. The van der Waals surface area contributed by atoms with Gasteiger partial charge in [-0.05, 0) is 25.9 Å². The standard InChI is InChI=1S/C13H24N2O/c1-4-9-15(6-3)11-13-8-7-12(16-13)10-14-5-2/h1,12-14H,5-11H2,2-3H3. The van der Waals surface area contributed by atoms with Crippen LogP contribution in [0, 0.1) is 12.3 Å². The average Bonchev–Trinajstić information content (AvgIpc) is 2.73. The zero-order chi connectivity index (χ0) is 11.8. The van der Waals surface area contributed by atoms with Crippen molar-refractivity contribution in [3.05, 3.63) is 0 Å². The molecular weight excluding hydrogens is 200 g/mol. The van der Waals surface area contributed by atoms with Crippen LogP contribution < -0.4 is 5.32 Å². The number of nitrogens with zero attached hydrogens (tertiary/aromatic N) is 1. The van der Waals surface area contributed by atoms with E-state index in [1.54, 1.807) is 0 Å². The van der Waals surface area contributed by atoms with Gasteiger partial charge in [0.2, 0.25) is 0 Å². The molecule has 0 amide bonds. The van der Waals surface area contributed by atoms with Gasteiger partial charge in [0.1, 0.15) is 0 Å². The van der Waals surface area contributed by atoms with Crippen LogP contribution in [0.1, 0.15) is 26.7 Å². The van der Waals surface area contributed by atoms with Gasteiger partial charge in [0, 0.05) is 13.1 Å². The summed E-state index contributed by atoms with van der Waals surface area (Å²) in [7, 11) is 0. The summed E-state index contributed by atoms with van der Waals surface area (Å²) in [5.41, 5.74) is 0. The number of nitrogens with one attached hydrogen (secondary N) is 1. The quantitative estimate of drug-likeness (QED) is 0.655. The first-order valence-electron chi connectivity index (χ1n) is 6.32. The predicted molar refractivity (Wildman–Crippen MR) is 67.4 cm³/mol. The van der Waals surface area contributed by atoms with Gasteiger partial charge in [0.05, 0.1) is 18.8 Å². The molecule has 2 unspecified atom stereocenters. The minimum Gasteiger partial charge on any atom is -0.372 e. The van der Waals surface area contributed by atoms with Crippen LogP contribution in [0.3, 0.4) is 0 Å². The molecule has 92 valence electrons. The number of terminal acetylenes is 1.